The fourth-order valence-corrected chi connectivity index (χ4v) is 1.91. The van der Waals surface area contributed by atoms with Gasteiger partial charge >= 0.3 is 0 Å². The van der Waals surface area contributed by atoms with Crippen molar-refractivity contribution in [1.29, 1.82) is 0 Å². The van der Waals surface area contributed by atoms with Gasteiger partial charge in [-0.1, -0.05) is 13.3 Å². The van der Waals surface area contributed by atoms with E-state index in [-0.39, 0.29) is 17.9 Å². The zero-order valence-corrected chi connectivity index (χ0v) is 8.22. The fourth-order valence-electron chi connectivity index (χ4n) is 1.91. The standard InChI is InChI=1S/C9H15N3O2/c1-2-3-6-7(13)11-8(14)9(12-6)4-10-5-9/h6,10,12H,2-5H2,1H3,(H,11,13,14). The summed E-state index contributed by atoms with van der Waals surface area (Å²) in [6.07, 6.45) is 1.71. The summed E-state index contributed by atoms with van der Waals surface area (Å²) in [6.45, 7) is 3.26. The van der Waals surface area contributed by atoms with Crippen molar-refractivity contribution >= 4 is 11.8 Å². The van der Waals surface area contributed by atoms with Crippen molar-refractivity contribution in [2.45, 2.75) is 31.3 Å². The highest BCUT2D eigenvalue weighted by Gasteiger charge is 2.50. The van der Waals surface area contributed by atoms with Crippen LogP contribution < -0.4 is 16.0 Å². The zero-order valence-electron chi connectivity index (χ0n) is 8.22. The van der Waals surface area contributed by atoms with Crippen molar-refractivity contribution in [2.24, 2.45) is 0 Å². The second-order valence-electron chi connectivity index (χ2n) is 3.99. The summed E-state index contributed by atoms with van der Waals surface area (Å²) in [5.41, 5.74) is -0.520. The maximum atomic E-state index is 11.5. The first-order valence-corrected chi connectivity index (χ1v) is 5.02. The number of piperazine rings is 1. The molecule has 1 atom stereocenters. The molecule has 0 aromatic carbocycles. The maximum absolute atomic E-state index is 11.5. The second-order valence-corrected chi connectivity index (χ2v) is 3.99. The smallest absolute Gasteiger partial charge is 0.249 e. The van der Waals surface area contributed by atoms with Crippen molar-refractivity contribution in [1.82, 2.24) is 16.0 Å². The van der Waals surface area contributed by atoms with Gasteiger partial charge in [0.2, 0.25) is 11.8 Å². The fraction of sp³-hybridized carbons (Fsp3) is 0.778. The highest BCUT2D eigenvalue weighted by Crippen LogP contribution is 2.17. The van der Waals surface area contributed by atoms with Crippen LogP contribution in [0, 0.1) is 0 Å². The summed E-state index contributed by atoms with van der Waals surface area (Å²) in [7, 11) is 0. The Balaban J connectivity index is 2.08. The van der Waals surface area contributed by atoms with Crippen LogP contribution in [0.15, 0.2) is 0 Å². The summed E-state index contributed by atoms with van der Waals surface area (Å²) in [5, 5.41) is 8.61. The van der Waals surface area contributed by atoms with Gasteiger partial charge in [0.1, 0.15) is 5.54 Å². The molecule has 5 heteroatoms. The first-order chi connectivity index (χ1) is 6.68. The highest BCUT2D eigenvalue weighted by atomic mass is 16.2. The lowest BCUT2D eigenvalue weighted by Crippen LogP contribution is -2.80. The Morgan fingerprint density at radius 1 is 1.43 bits per heavy atom. The molecule has 1 spiro atoms. The van der Waals surface area contributed by atoms with Crippen LogP contribution in [0.3, 0.4) is 0 Å². The Morgan fingerprint density at radius 2 is 2.14 bits per heavy atom. The number of carbonyl (C=O) groups excluding carboxylic acids is 2. The predicted molar refractivity (Wildman–Crippen MR) is 50.6 cm³/mol. The molecule has 0 aromatic rings. The molecular formula is C9H15N3O2. The minimum Gasteiger partial charge on any atom is -0.312 e. The molecule has 14 heavy (non-hydrogen) atoms. The molecule has 0 bridgehead atoms. The minimum absolute atomic E-state index is 0.186. The number of rotatable bonds is 2. The van der Waals surface area contributed by atoms with Gasteiger partial charge < -0.3 is 5.32 Å². The monoisotopic (exact) mass is 197 g/mol. The van der Waals surface area contributed by atoms with E-state index in [4.69, 9.17) is 0 Å². The minimum atomic E-state index is -0.520. The number of carbonyl (C=O) groups is 2. The lowest BCUT2D eigenvalue weighted by Gasteiger charge is -2.46. The van der Waals surface area contributed by atoms with Gasteiger partial charge in [-0.3, -0.25) is 20.2 Å². The molecular weight excluding hydrogens is 182 g/mol. The molecule has 2 fully saturated rings. The topological polar surface area (TPSA) is 70.2 Å². The van der Waals surface area contributed by atoms with Crippen LogP contribution in [0.5, 0.6) is 0 Å². The van der Waals surface area contributed by atoms with Crippen LogP contribution >= 0.6 is 0 Å². The van der Waals surface area contributed by atoms with Crippen LogP contribution in [0.25, 0.3) is 0 Å². The van der Waals surface area contributed by atoms with Crippen LogP contribution in [0.4, 0.5) is 0 Å². The van der Waals surface area contributed by atoms with Gasteiger partial charge in [-0.2, -0.15) is 0 Å². The molecule has 2 saturated heterocycles. The van der Waals surface area contributed by atoms with Crippen LogP contribution in [0.1, 0.15) is 19.8 Å². The highest BCUT2D eigenvalue weighted by molar-refractivity contribution is 6.05. The van der Waals surface area contributed by atoms with Crippen molar-refractivity contribution in [3.63, 3.8) is 0 Å². The van der Waals surface area contributed by atoms with Crippen LogP contribution in [0.2, 0.25) is 0 Å². The molecule has 1 unspecified atom stereocenters. The second kappa shape index (κ2) is 3.33. The molecule has 2 aliphatic heterocycles. The van der Waals surface area contributed by atoms with Gasteiger partial charge in [-0.15, -0.1) is 0 Å². The van der Waals surface area contributed by atoms with Crippen molar-refractivity contribution in [3.05, 3.63) is 0 Å². The molecule has 0 radical (unpaired) electrons. The summed E-state index contributed by atoms with van der Waals surface area (Å²) >= 11 is 0. The summed E-state index contributed by atoms with van der Waals surface area (Å²) in [4.78, 5) is 22.9. The lowest BCUT2D eigenvalue weighted by atomic mass is 9.87. The largest absolute Gasteiger partial charge is 0.312 e. The number of hydrogen-bond acceptors (Lipinski definition) is 4. The SMILES string of the molecule is CCCC1NC2(CNC2)C(=O)NC1=O. The number of nitrogens with one attached hydrogen (secondary N) is 3. The Morgan fingerprint density at radius 3 is 2.64 bits per heavy atom. The summed E-state index contributed by atoms with van der Waals surface area (Å²) in [5.74, 6) is -0.372. The number of hydrogen-bond donors (Lipinski definition) is 3. The third-order valence-electron chi connectivity index (χ3n) is 2.87. The maximum Gasteiger partial charge on any atom is 0.249 e. The summed E-state index contributed by atoms with van der Waals surface area (Å²) in [6, 6.07) is -0.209. The van der Waals surface area contributed by atoms with E-state index < -0.39 is 5.54 Å². The Labute approximate surface area is 82.6 Å². The number of imide groups is 1. The van der Waals surface area contributed by atoms with Gasteiger partial charge in [0.15, 0.2) is 0 Å². The van der Waals surface area contributed by atoms with Crippen LogP contribution in [-0.2, 0) is 9.59 Å². The van der Waals surface area contributed by atoms with E-state index >= 15 is 0 Å². The van der Waals surface area contributed by atoms with E-state index in [2.05, 4.69) is 16.0 Å². The predicted octanol–water partition coefficient (Wildman–Crippen LogP) is -1.26. The Bertz CT molecular complexity index is 273. The van der Waals surface area contributed by atoms with Gasteiger partial charge in [-0.25, -0.2) is 0 Å². The number of amides is 2. The molecule has 0 saturated carbocycles. The van der Waals surface area contributed by atoms with Gasteiger partial charge in [0.25, 0.3) is 0 Å². The lowest BCUT2D eigenvalue weighted by molar-refractivity contribution is -0.142. The van der Waals surface area contributed by atoms with E-state index in [0.29, 0.717) is 13.1 Å². The van der Waals surface area contributed by atoms with Crippen molar-refractivity contribution in [2.75, 3.05) is 13.1 Å². The third kappa shape index (κ3) is 1.33. The van der Waals surface area contributed by atoms with E-state index in [1.165, 1.54) is 0 Å². The molecule has 0 aliphatic carbocycles. The molecule has 2 heterocycles. The molecule has 0 aromatic heterocycles. The van der Waals surface area contributed by atoms with Gasteiger partial charge in [0.05, 0.1) is 6.04 Å². The zero-order chi connectivity index (χ0) is 10.2. The van der Waals surface area contributed by atoms with Crippen molar-refractivity contribution in [3.8, 4) is 0 Å². The average molecular weight is 197 g/mol. The molecule has 2 aliphatic rings. The Hall–Kier alpha value is -0.940. The van der Waals surface area contributed by atoms with Crippen LogP contribution in [-0.4, -0.2) is 36.5 Å². The molecule has 3 N–H and O–H groups in total. The van der Waals surface area contributed by atoms with Gasteiger partial charge in [-0.05, 0) is 6.42 Å². The molecule has 78 valence electrons. The normalized spacial score (nSPS) is 29.9. The third-order valence-corrected chi connectivity index (χ3v) is 2.87. The van der Waals surface area contributed by atoms with Crippen molar-refractivity contribution < 1.29 is 9.59 Å². The Kier molecular flexibility index (Phi) is 2.28. The quantitative estimate of drug-likeness (QED) is 0.483. The first-order valence-electron chi connectivity index (χ1n) is 5.02. The van der Waals surface area contributed by atoms with E-state index in [1.54, 1.807) is 0 Å². The average Bonchev–Trinajstić information content (AvgIpc) is 2.07. The summed E-state index contributed by atoms with van der Waals surface area (Å²) < 4.78 is 0. The first kappa shape index (κ1) is 9.61. The molecule has 5 nitrogen and oxygen atoms in total. The van der Waals surface area contributed by atoms with Gasteiger partial charge in [0, 0.05) is 13.1 Å². The van der Waals surface area contributed by atoms with E-state index in [9.17, 15) is 9.59 Å². The van der Waals surface area contributed by atoms with E-state index in [1.807, 2.05) is 6.92 Å². The molecule has 2 amide bonds. The van der Waals surface area contributed by atoms with E-state index in [0.717, 1.165) is 12.8 Å². The molecule has 2 rings (SSSR count).